The molecule has 0 radical (unpaired) electrons. The van der Waals surface area contributed by atoms with Crippen LogP contribution in [0.3, 0.4) is 0 Å². The number of nitrogens with two attached hydrogens (primary N) is 1. The summed E-state index contributed by atoms with van der Waals surface area (Å²) in [6, 6.07) is 9.17. The number of benzene rings is 1. The van der Waals surface area contributed by atoms with Crippen LogP contribution in [0.4, 0.5) is 0 Å². The summed E-state index contributed by atoms with van der Waals surface area (Å²) >= 11 is 0. The summed E-state index contributed by atoms with van der Waals surface area (Å²) in [5.74, 6) is -1.00. The number of carboxylic acid groups (broad SMARTS) is 1. The molecule has 1 saturated heterocycles. The number of carbonyl (C=O) groups is 1. The zero-order chi connectivity index (χ0) is 13.9. The Bertz CT molecular complexity index is 438. The first-order valence-electron chi connectivity index (χ1n) is 6.43. The Kier molecular flexibility index (Phi) is 4.19. The monoisotopic (exact) mass is 264 g/mol. The lowest BCUT2D eigenvalue weighted by Crippen LogP contribution is -2.57. The van der Waals surface area contributed by atoms with Crippen molar-refractivity contribution in [1.82, 2.24) is 4.90 Å². The average Bonchev–Trinajstić information content (AvgIpc) is 2.42. The molecule has 0 bridgehead atoms. The number of morpholine rings is 1. The fraction of sp³-hybridized carbons (Fsp3) is 0.500. The van der Waals surface area contributed by atoms with Crippen molar-refractivity contribution in [3.63, 3.8) is 0 Å². The van der Waals surface area contributed by atoms with Crippen molar-refractivity contribution < 1.29 is 14.6 Å². The van der Waals surface area contributed by atoms with E-state index in [9.17, 15) is 9.90 Å². The van der Waals surface area contributed by atoms with Gasteiger partial charge >= 0.3 is 5.97 Å². The van der Waals surface area contributed by atoms with Crippen LogP contribution >= 0.6 is 0 Å². The molecule has 0 spiro atoms. The normalized spacial score (nSPS) is 23.8. The van der Waals surface area contributed by atoms with Gasteiger partial charge in [-0.3, -0.25) is 4.90 Å². The number of hydrogen-bond donors (Lipinski definition) is 2. The van der Waals surface area contributed by atoms with E-state index in [1.165, 1.54) is 0 Å². The summed E-state index contributed by atoms with van der Waals surface area (Å²) in [4.78, 5) is 13.7. The maximum absolute atomic E-state index is 11.6. The van der Waals surface area contributed by atoms with Crippen molar-refractivity contribution in [2.45, 2.75) is 18.5 Å². The number of carboxylic acids is 1. The number of rotatable bonds is 4. The fourth-order valence-electron chi connectivity index (χ4n) is 2.33. The minimum Gasteiger partial charge on any atom is -0.480 e. The molecule has 5 heteroatoms. The highest BCUT2D eigenvalue weighted by atomic mass is 16.5. The van der Waals surface area contributed by atoms with E-state index in [2.05, 4.69) is 4.90 Å². The smallest absolute Gasteiger partial charge is 0.329 e. The van der Waals surface area contributed by atoms with E-state index in [1.54, 1.807) is 12.1 Å². The maximum Gasteiger partial charge on any atom is 0.329 e. The van der Waals surface area contributed by atoms with Crippen molar-refractivity contribution in [2.75, 3.05) is 26.3 Å². The third-order valence-electron chi connectivity index (χ3n) is 3.63. The summed E-state index contributed by atoms with van der Waals surface area (Å²) in [6.07, 6.45) is 0. The van der Waals surface area contributed by atoms with Crippen molar-refractivity contribution in [1.29, 1.82) is 0 Å². The lowest BCUT2D eigenvalue weighted by molar-refractivity contribution is -0.145. The van der Waals surface area contributed by atoms with Crippen LogP contribution in [-0.2, 0) is 15.1 Å². The molecule has 1 aromatic rings. The number of ether oxygens (including phenoxy) is 1. The van der Waals surface area contributed by atoms with Crippen LogP contribution in [0, 0.1) is 0 Å². The molecule has 1 aliphatic heterocycles. The van der Waals surface area contributed by atoms with Gasteiger partial charge in [0.15, 0.2) is 5.54 Å². The molecular formula is C14H20N2O3. The molecule has 104 valence electrons. The lowest BCUT2D eigenvalue weighted by atomic mass is 9.90. The Hall–Kier alpha value is -1.43. The summed E-state index contributed by atoms with van der Waals surface area (Å²) in [7, 11) is 0. The van der Waals surface area contributed by atoms with E-state index in [1.807, 2.05) is 25.1 Å². The van der Waals surface area contributed by atoms with Crippen molar-refractivity contribution >= 4 is 5.97 Å². The molecule has 2 unspecified atom stereocenters. The highest BCUT2D eigenvalue weighted by Crippen LogP contribution is 2.22. The molecule has 0 saturated carbocycles. The first-order valence-corrected chi connectivity index (χ1v) is 6.43. The van der Waals surface area contributed by atoms with Crippen LogP contribution in [0.25, 0.3) is 0 Å². The summed E-state index contributed by atoms with van der Waals surface area (Å²) in [6.45, 7) is 4.25. The third-order valence-corrected chi connectivity index (χ3v) is 3.63. The van der Waals surface area contributed by atoms with E-state index in [4.69, 9.17) is 10.5 Å². The Morgan fingerprint density at radius 3 is 2.79 bits per heavy atom. The number of hydrogen-bond acceptors (Lipinski definition) is 4. The second-order valence-electron chi connectivity index (χ2n) is 5.04. The largest absolute Gasteiger partial charge is 0.480 e. The summed E-state index contributed by atoms with van der Waals surface area (Å²) < 4.78 is 5.36. The third kappa shape index (κ3) is 2.94. The van der Waals surface area contributed by atoms with Crippen molar-refractivity contribution in [3.05, 3.63) is 35.9 Å². The molecule has 1 fully saturated rings. The summed E-state index contributed by atoms with van der Waals surface area (Å²) in [5.41, 5.74) is 5.42. The van der Waals surface area contributed by atoms with Gasteiger partial charge < -0.3 is 15.6 Å². The topological polar surface area (TPSA) is 75.8 Å². The Labute approximate surface area is 113 Å². The van der Waals surface area contributed by atoms with Crippen LogP contribution in [0.15, 0.2) is 30.3 Å². The highest BCUT2D eigenvalue weighted by Gasteiger charge is 2.39. The first kappa shape index (κ1) is 14.0. The molecule has 5 nitrogen and oxygen atoms in total. The molecule has 0 aliphatic carbocycles. The minimum absolute atomic E-state index is 0.180. The van der Waals surface area contributed by atoms with Gasteiger partial charge in [0, 0.05) is 19.1 Å². The van der Waals surface area contributed by atoms with Gasteiger partial charge in [0.2, 0.25) is 0 Å². The van der Waals surface area contributed by atoms with E-state index in [0.29, 0.717) is 25.3 Å². The van der Waals surface area contributed by atoms with Crippen LogP contribution in [0.5, 0.6) is 0 Å². The Morgan fingerprint density at radius 2 is 2.21 bits per heavy atom. The molecule has 1 aromatic carbocycles. The fourth-order valence-corrected chi connectivity index (χ4v) is 2.33. The highest BCUT2D eigenvalue weighted by molar-refractivity contribution is 5.80. The van der Waals surface area contributed by atoms with Gasteiger partial charge in [-0.2, -0.15) is 0 Å². The van der Waals surface area contributed by atoms with Crippen LogP contribution in [0.2, 0.25) is 0 Å². The summed E-state index contributed by atoms with van der Waals surface area (Å²) in [5, 5.41) is 9.52. The van der Waals surface area contributed by atoms with Crippen molar-refractivity contribution in [3.8, 4) is 0 Å². The molecule has 2 atom stereocenters. The zero-order valence-electron chi connectivity index (χ0n) is 11.1. The van der Waals surface area contributed by atoms with Crippen LogP contribution in [-0.4, -0.2) is 48.3 Å². The lowest BCUT2D eigenvalue weighted by Gasteiger charge is -2.38. The van der Waals surface area contributed by atoms with Crippen molar-refractivity contribution in [2.24, 2.45) is 5.73 Å². The average molecular weight is 264 g/mol. The van der Waals surface area contributed by atoms with Gasteiger partial charge in [-0.05, 0) is 12.5 Å². The van der Waals surface area contributed by atoms with Crippen LogP contribution < -0.4 is 5.73 Å². The molecule has 19 heavy (non-hydrogen) atoms. The van der Waals surface area contributed by atoms with Gasteiger partial charge in [0.05, 0.1) is 13.2 Å². The molecule has 0 aromatic heterocycles. The van der Waals surface area contributed by atoms with Gasteiger partial charge in [-0.25, -0.2) is 4.79 Å². The van der Waals surface area contributed by atoms with E-state index < -0.39 is 11.5 Å². The molecule has 0 amide bonds. The van der Waals surface area contributed by atoms with Crippen LogP contribution in [0.1, 0.15) is 12.5 Å². The van der Waals surface area contributed by atoms with E-state index >= 15 is 0 Å². The molecule has 3 N–H and O–H groups in total. The molecule has 1 aliphatic rings. The SMILES string of the molecule is CC1COCCN1CC(N)(C(=O)O)c1ccccc1. The van der Waals surface area contributed by atoms with Gasteiger partial charge in [0.25, 0.3) is 0 Å². The predicted octanol–water partition coefficient (Wildman–Crippen LogP) is 0.646. The Morgan fingerprint density at radius 1 is 1.53 bits per heavy atom. The number of nitrogens with zero attached hydrogens (tertiary/aromatic N) is 1. The standard InChI is InChI=1S/C14H20N2O3/c1-11-9-19-8-7-16(11)10-14(15,13(17)18)12-5-3-2-4-6-12/h2-6,11H,7-10,15H2,1H3,(H,17,18). The molecule has 1 heterocycles. The zero-order valence-corrected chi connectivity index (χ0v) is 11.1. The van der Waals surface area contributed by atoms with E-state index in [0.717, 1.165) is 0 Å². The molecule has 2 rings (SSSR count). The number of aliphatic carboxylic acids is 1. The second kappa shape index (κ2) is 5.69. The molecular weight excluding hydrogens is 244 g/mol. The Balaban J connectivity index is 2.23. The minimum atomic E-state index is -1.38. The van der Waals surface area contributed by atoms with Gasteiger partial charge in [-0.1, -0.05) is 30.3 Å². The first-order chi connectivity index (χ1) is 9.04. The van der Waals surface area contributed by atoms with Gasteiger partial charge in [0.1, 0.15) is 0 Å². The maximum atomic E-state index is 11.6. The predicted molar refractivity (Wildman–Crippen MR) is 71.8 cm³/mol. The quantitative estimate of drug-likeness (QED) is 0.835. The van der Waals surface area contributed by atoms with Gasteiger partial charge in [-0.15, -0.1) is 0 Å². The second-order valence-corrected chi connectivity index (χ2v) is 5.04. The van der Waals surface area contributed by atoms with E-state index in [-0.39, 0.29) is 12.6 Å².